The van der Waals surface area contributed by atoms with E-state index < -0.39 is 23.6 Å². The van der Waals surface area contributed by atoms with Crippen LogP contribution in [0.5, 0.6) is 5.75 Å². The molecule has 0 spiro atoms. The van der Waals surface area contributed by atoms with Crippen LogP contribution < -0.4 is 10.5 Å². The molecule has 22 heavy (non-hydrogen) atoms. The summed E-state index contributed by atoms with van der Waals surface area (Å²) < 4.78 is 36.2. The number of carbonyl (C=O) groups excluding carboxylic acids is 2. The van der Waals surface area contributed by atoms with Gasteiger partial charge in [0, 0.05) is 19.0 Å². The second-order valence-corrected chi connectivity index (χ2v) is 4.85. The zero-order valence-electron chi connectivity index (χ0n) is 11.8. The van der Waals surface area contributed by atoms with Crippen LogP contribution in [-0.2, 0) is 14.3 Å². The number of rotatable bonds is 5. The Morgan fingerprint density at radius 3 is 2.82 bits per heavy atom. The van der Waals surface area contributed by atoms with Gasteiger partial charge in [0.15, 0.2) is 18.2 Å². The number of hydrogen-bond donors (Lipinski definition) is 1. The van der Waals surface area contributed by atoms with E-state index in [1.165, 1.54) is 11.0 Å². The van der Waals surface area contributed by atoms with Crippen LogP contribution in [0, 0.1) is 11.6 Å². The van der Waals surface area contributed by atoms with Crippen LogP contribution in [0.2, 0.25) is 0 Å². The van der Waals surface area contributed by atoms with E-state index in [-0.39, 0.29) is 31.3 Å². The Bertz CT molecular complexity index is 568. The molecule has 8 heteroatoms. The first-order valence-electron chi connectivity index (χ1n) is 6.70. The van der Waals surface area contributed by atoms with Gasteiger partial charge in [-0.3, -0.25) is 9.59 Å². The van der Waals surface area contributed by atoms with Gasteiger partial charge >= 0.3 is 0 Å². The molecule has 1 unspecified atom stereocenters. The molecule has 1 fully saturated rings. The Balaban J connectivity index is 1.94. The number of morpholine rings is 1. The first kappa shape index (κ1) is 16.2. The van der Waals surface area contributed by atoms with Crippen LogP contribution in [0.15, 0.2) is 18.2 Å². The first-order chi connectivity index (χ1) is 10.5. The van der Waals surface area contributed by atoms with Crippen LogP contribution in [0.1, 0.15) is 6.42 Å². The number of nitrogens with two attached hydrogens (primary N) is 1. The van der Waals surface area contributed by atoms with Gasteiger partial charge in [-0.2, -0.15) is 0 Å². The summed E-state index contributed by atoms with van der Waals surface area (Å²) in [5, 5.41) is 0. The molecule has 0 aliphatic carbocycles. The van der Waals surface area contributed by atoms with Crippen molar-refractivity contribution in [3.63, 3.8) is 0 Å². The number of carbonyl (C=O) groups is 2. The van der Waals surface area contributed by atoms with Gasteiger partial charge < -0.3 is 20.1 Å². The summed E-state index contributed by atoms with van der Waals surface area (Å²) in [6.07, 6.45) is -0.00306. The van der Waals surface area contributed by atoms with Gasteiger partial charge in [-0.15, -0.1) is 0 Å². The summed E-state index contributed by atoms with van der Waals surface area (Å²) in [6.45, 7) is 0.546. The zero-order valence-corrected chi connectivity index (χ0v) is 11.8. The zero-order chi connectivity index (χ0) is 16.1. The molecule has 2 amide bonds. The highest BCUT2D eigenvalue weighted by atomic mass is 19.2. The molecule has 6 nitrogen and oxygen atoms in total. The minimum atomic E-state index is -1.05. The van der Waals surface area contributed by atoms with Gasteiger partial charge in [0.25, 0.3) is 5.91 Å². The van der Waals surface area contributed by atoms with Crippen molar-refractivity contribution < 1.29 is 27.8 Å². The third-order valence-electron chi connectivity index (χ3n) is 3.24. The molecule has 0 saturated carbocycles. The minimum absolute atomic E-state index is 0.00306. The lowest BCUT2D eigenvalue weighted by atomic mass is 10.1. The normalized spacial score (nSPS) is 18.1. The van der Waals surface area contributed by atoms with E-state index in [2.05, 4.69) is 0 Å². The lowest BCUT2D eigenvalue weighted by Crippen LogP contribution is -2.51. The quantitative estimate of drug-likeness (QED) is 0.855. The Morgan fingerprint density at radius 1 is 1.36 bits per heavy atom. The summed E-state index contributed by atoms with van der Waals surface area (Å²) in [5.41, 5.74) is 5.14. The number of halogens is 2. The van der Waals surface area contributed by atoms with Crippen molar-refractivity contribution in [2.75, 3.05) is 26.4 Å². The van der Waals surface area contributed by atoms with Crippen molar-refractivity contribution in [2.45, 2.75) is 12.5 Å². The molecule has 0 aromatic heterocycles. The molecule has 1 aliphatic heterocycles. The summed E-state index contributed by atoms with van der Waals surface area (Å²) in [5.74, 6) is -2.91. The van der Waals surface area contributed by atoms with Crippen molar-refractivity contribution in [2.24, 2.45) is 5.73 Å². The molecular weight excluding hydrogens is 298 g/mol. The van der Waals surface area contributed by atoms with Crippen LogP contribution in [0.4, 0.5) is 8.78 Å². The number of amides is 2. The van der Waals surface area contributed by atoms with E-state index in [9.17, 15) is 18.4 Å². The maximum atomic E-state index is 13.0. The van der Waals surface area contributed by atoms with Crippen molar-refractivity contribution in [3.05, 3.63) is 29.8 Å². The number of primary amides is 1. The van der Waals surface area contributed by atoms with Crippen molar-refractivity contribution in [1.29, 1.82) is 0 Å². The second kappa shape index (κ2) is 7.17. The van der Waals surface area contributed by atoms with E-state index >= 15 is 0 Å². The molecule has 0 radical (unpaired) electrons. The van der Waals surface area contributed by atoms with Crippen molar-refractivity contribution in [3.8, 4) is 5.75 Å². The Morgan fingerprint density at radius 2 is 2.14 bits per heavy atom. The van der Waals surface area contributed by atoms with Crippen molar-refractivity contribution >= 4 is 11.8 Å². The Kier molecular flexibility index (Phi) is 5.26. The third kappa shape index (κ3) is 4.14. The Hall–Kier alpha value is -2.22. The third-order valence-corrected chi connectivity index (χ3v) is 3.24. The van der Waals surface area contributed by atoms with Gasteiger partial charge in [0.2, 0.25) is 5.91 Å². The van der Waals surface area contributed by atoms with Gasteiger partial charge in [0.1, 0.15) is 5.75 Å². The summed E-state index contributed by atoms with van der Waals surface area (Å²) in [7, 11) is 0. The van der Waals surface area contributed by atoms with E-state index in [0.717, 1.165) is 12.1 Å². The molecule has 0 bridgehead atoms. The minimum Gasteiger partial charge on any atom is -0.484 e. The maximum absolute atomic E-state index is 13.0. The van der Waals surface area contributed by atoms with E-state index in [4.69, 9.17) is 15.2 Å². The number of nitrogens with zero attached hydrogens (tertiary/aromatic N) is 1. The average Bonchev–Trinajstić information content (AvgIpc) is 2.48. The molecule has 1 saturated heterocycles. The van der Waals surface area contributed by atoms with Crippen molar-refractivity contribution in [1.82, 2.24) is 4.90 Å². The summed E-state index contributed by atoms with van der Waals surface area (Å²) >= 11 is 0. The van der Waals surface area contributed by atoms with Gasteiger partial charge in [0.05, 0.1) is 19.3 Å². The fourth-order valence-corrected chi connectivity index (χ4v) is 2.18. The monoisotopic (exact) mass is 314 g/mol. The number of hydrogen-bond acceptors (Lipinski definition) is 4. The second-order valence-electron chi connectivity index (χ2n) is 4.85. The van der Waals surface area contributed by atoms with Gasteiger partial charge in [-0.05, 0) is 12.1 Å². The standard InChI is InChI=1S/C14H16F2N2O4/c15-11-2-1-10(6-12(11)16)22-8-14(20)18-3-4-21-7-9(18)5-13(17)19/h1-2,6,9H,3-5,7-8H2,(H2,17,19). The highest BCUT2D eigenvalue weighted by Crippen LogP contribution is 2.16. The average molecular weight is 314 g/mol. The lowest BCUT2D eigenvalue weighted by Gasteiger charge is -2.34. The van der Waals surface area contributed by atoms with Crippen LogP contribution in [0.3, 0.4) is 0 Å². The van der Waals surface area contributed by atoms with E-state index in [1.807, 2.05) is 0 Å². The first-order valence-corrected chi connectivity index (χ1v) is 6.70. The topological polar surface area (TPSA) is 81.9 Å². The molecule has 1 heterocycles. The molecule has 2 rings (SSSR count). The predicted octanol–water partition coefficient (Wildman–Crippen LogP) is 0.446. The number of ether oxygens (including phenoxy) is 2. The Labute approximate surface area is 125 Å². The number of benzene rings is 1. The fraction of sp³-hybridized carbons (Fsp3) is 0.429. The molecule has 120 valence electrons. The van der Waals surface area contributed by atoms with Crippen LogP contribution in [0.25, 0.3) is 0 Å². The van der Waals surface area contributed by atoms with Crippen LogP contribution in [-0.4, -0.2) is 49.1 Å². The molecule has 1 aliphatic rings. The molecule has 1 aromatic carbocycles. The summed E-state index contributed by atoms with van der Waals surface area (Å²) in [4.78, 5) is 24.6. The predicted molar refractivity (Wildman–Crippen MR) is 72.0 cm³/mol. The molecule has 1 atom stereocenters. The maximum Gasteiger partial charge on any atom is 0.260 e. The summed E-state index contributed by atoms with van der Waals surface area (Å²) in [6, 6.07) is 2.57. The van der Waals surface area contributed by atoms with Crippen LogP contribution >= 0.6 is 0 Å². The van der Waals surface area contributed by atoms with Gasteiger partial charge in [-0.1, -0.05) is 0 Å². The SMILES string of the molecule is NC(=O)CC1COCCN1C(=O)COc1ccc(F)c(F)c1. The van der Waals surface area contributed by atoms with E-state index in [0.29, 0.717) is 13.2 Å². The molecular formula is C14H16F2N2O4. The lowest BCUT2D eigenvalue weighted by molar-refractivity contribution is -0.143. The highest BCUT2D eigenvalue weighted by Gasteiger charge is 2.28. The smallest absolute Gasteiger partial charge is 0.260 e. The molecule has 1 aromatic rings. The van der Waals surface area contributed by atoms with Gasteiger partial charge in [-0.25, -0.2) is 8.78 Å². The largest absolute Gasteiger partial charge is 0.484 e. The van der Waals surface area contributed by atoms with E-state index in [1.54, 1.807) is 0 Å². The highest BCUT2D eigenvalue weighted by molar-refractivity contribution is 5.80. The molecule has 2 N–H and O–H groups in total. The fourth-order valence-electron chi connectivity index (χ4n) is 2.18.